The highest BCUT2D eigenvalue weighted by Gasteiger charge is 2.23. The van der Waals surface area contributed by atoms with Crippen LogP contribution < -0.4 is 10.6 Å². The minimum Gasteiger partial charge on any atom is -0.312 e. The van der Waals surface area contributed by atoms with Crippen LogP contribution in [0, 0.1) is 6.92 Å². The zero-order chi connectivity index (χ0) is 18.4. The highest BCUT2D eigenvalue weighted by Crippen LogP contribution is 2.33. The van der Waals surface area contributed by atoms with Crippen LogP contribution in [-0.2, 0) is 25.8 Å². The molecule has 2 aliphatic rings. The van der Waals surface area contributed by atoms with Crippen LogP contribution >= 0.6 is 23.7 Å². The fourth-order valence-electron chi connectivity index (χ4n) is 4.01. The van der Waals surface area contributed by atoms with Gasteiger partial charge in [-0.15, -0.1) is 23.7 Å². The Morgan fingerprint density at radius 2 is 2.07 bits per heavy atom. The first-order chi connectivity index (χ1) is 13.2. The molecule has 1 aromatic carbocycles. The molecular formula is C20H22ClN5OS. The summed E-state index contributed by atoms with van der Waals surface area (Å²) in [7, 11) is 0. The summed E-state index contributed by atoms with van der Waals surface area (Å²) in [5.41, 5.74) is 7.45. The van der Waals surface area contributed by atoms with Crippen LogP contribution in [0.15, 0.2) is 18.2 Å². The maximum atomic E-state index is 12.7. The maximum absolute atomic E-state index is 12.7. The number of amides is 1. The molecule has 6 nitrogen and oxygen atoms in total. The van der Waals surface area contributed by atoms with Crippen molar-refractivity contribution >= 4 is 34.8 Å². The fourth-order valence-corrected chi connectivity index (χ4v) is 4.84. The maximum Gasteiger partial charge on any atom is 0.278 e. The zero-order valence-electron chi connectivity index (χ0n) is 15.6. The van der Waals surface area contributed by atoms with Gasteiger partial charge in [0.1, 0.15) is 0 Å². The van der Waals surface area contributed by atoms with Crippen LogP contribution in [0.5, 0.6) is 0 Å². The molecule has 2 aromatic heterocycles. The highest BCUT2D eigenvalue weighted by atomic mass is 35.5. The summed E-state index contributed by atoms with van der Waals surface area (Å²) >= 11 is 1.51. The molecule has 5 rings (SSSR count). The van der Waals surface area contributed by atoms with E-state index in [4.69, 9.17) is 4.98 Å². The van der Waals surface area contributed by atoms with Gasteiger partial charge in [0.05, 0.1) is 5.69 Å². The summed E-state index contributed by atoms with van der Waals surface area (Å²) in [5.74, 6) is -0.203. The van der Waals surface area contributed by atoms with E-state index in [0.717, 1.165) is 46.8 Å². The zero-order valence-corrected chi connectivity index (χ0v) is 17.2. The average Bonchev–Trinajstić information content (AvgIpc) is 3.38. The second kappa shape index (κ2) is 7.66. The number of fused-ring (bicyclic) bond motifs is 2. The summed E-state index contributed by atoms with van der Waals surface area (Å²) in [5, 5.41) is 14.1. The van der Waals surface area contributed by atoms with Crippen LogP contribution in [0.1, 0.15) is 44.2 Å². The van der Waals surface area contributed by atoms with Gasteiger partial charge in [0.2, 0.25) is 0 Å². The lowest BCUT2D eigenvalue weighted by atomic mass is 10.0. The second-order valence-electron chi connectivity index (χ2n) is 7.17. The van der Waals surface area contributed by atoms with Gasteiger partial charge in [-0.3, -0.25) is 15.2 Å². The quantitative estimate of drug-likeness (QED) is 0.609. The number of hydrogen-bond acceptors (Lipinski definition) is 5. The Kier molecular flexibility index (Phi) is 5.23. The van der Waals surface area contributed by atoms with Crippen molar-refractivity contribution in [1.29, 1.82) is 0 Å². The number of benzene rings is 1. The number of aryl methyl sites for hydroxylation is 3. The third kappa shape index (κ3) is 3.34. The molecule has 28 heavy (non-hydrogen) atoms. The monoisotopic (exact) mass is 415 g/mol. The number of nitrogens with one attached hydrogen (secondary N) is 3. The van der Waals surface area contributed by atoms with Gasteiger partial charge in [-0.2, -0.15) is 5.10 Å². The highest BCUT2D eigenvalue weighted by molar-refractivity contribution is 7.16. The van der Waals surface area contributed by atoms with E-state index in [1.165, 1.54) is 35.3 Å². The van der Waals surface area contributed by atoms with E-state index in [9.17, 15) is 4.79 Å². The van der Waals surface area contributed by atoms with E-state index in [2.05, 4.69) is 46.0 Å². The molecule has 1 aliphatic heterocycles. The van der Waals surface area contributed by atoms with Gasteiger partial charge >= 0.3 is 0 Å². The first-order valence-electron chi connectivity index (χ1n) is 9.37. The van der Waals surface area contributed by atoms with Crippen molar-refractivity contribution in [3.8, 4) is 11.3 Å². The van der Waals surface area contributed by atoms with Gasteiger partial charge in [0.15, 0.2) is 10.8 Å². The number of carbonyl (C=O) groups excluding carboxylic acids is 1. The molecule has 1 amide bonds. The summed E-state index contributed by atoms with van der Waals surface area (Å²) in [4.78, 5) is 18.5. The third-order valence-electron chi connectivity index (χ3n) is 5.41. The van der Waals surface area contributed by atoms with Gasteiger partial charge in [0.25, 0.3) is 5.91 Å². The Labute approximate surface area is 173 Å². The number of hydrogen-bond donors (Lipinski definition) is 3. The van der Waals surface area contributed by atoms with Gasteiger partial charge in [-0.25, -0.2) is 4.98 Å². The summed E-state index contributed by atoms with van der Waals surface area (Å²) in [6, 6.07) is 6.62. The van der Waals surface area contributed by atoms with Crippen LogP contribution in [0.25, 0.3) is 11.3 Å². The molecule has 0 spiro atoms. The molecule has 0 fully saturated rings. The number of carbonyl (C=O) groups is 1. The lowest BCUT2D eigenvalue weighted by molar-refractivity contribution is 0.102. The van der Waals surface area contributed by atoms with Crippen LogP contribution in [0.4, 0.5) is 5.13 Å². The van der Waals surface area contributed by atoms with Gasteiger partial charge in [0, 0.05) is 41.2 Å². The largest absolute Gasteiger partial charge is 0.312 e. The second-order valence-corrected chi connectivity index (χ2v) is 8.37. The van der Waals surface area contributed by atoms with Crippen molar-refractivity contribution in [2.24, 2.45) is 0 Å². The molecule has 0 saturated heterocycles. The number of halogens is 1. The Bertz CT molecular complexity index is 1040. The van der Waals surface area contributed by atoms with Crippen molar-refractivity contribution in [2.75, 3.05) is 11.9 Å². The number of thiazole rings is 1. The number of nitrogens with zero attached hydrogens (tertiary/aromatic N) is 2. The molecule has 1 aliphatic carbocycles. The minimum absolute atomic E-state index is 0. The summed E-state index contributed by atoms with van der Waals surface area (Å²) < 4.78 is 0. The molecule has 0 bridgehead atoms. The third-order valence-corrected chi connectivity index (χ3v) is 6.30. The van der Waals surface area contributed by atoms with Crippen molar-refractivity contribution in [1.82, 2.24) is 20.5 Å². The van der Waals surface area contributed by atoms with E-state index in [-0.39, 0.29) is 18.3 Å². The normalized spacial score (nSPS) is 14.9. The minimum atomic E-state index is -0.203. The Morgan fingerprint density at radius 1 is 1.21 bits per heavy atom. The van der Waals surface area contributed by atoms with Crippen molar-refractivity contribution in [3.05, 3.63) is 51.2 Å². The van der Waals surface area contributed by atoms with E-state index >= 15 is 0 Å². The molecule has 3 heterocycles. The number of anilines is 1. The molecular weight excluding hydrogens is 394 g/mol. The number of rotatable bonds is 3. The first kappa shape index (κ1) is 19.1. The summed E-state index contributed by atoms with van der Waals surface area (Å²) in [6.45, 7) is 3.63. The first-order valence-corrected chi connectivity index (χ1v) is 10.2. The molecule has 0 saturated carbocycles. The van der Waals surface area contributed by atoms with Crippen molar-refractivity contribution < 1.29 is 4.79 Å². The molecule has 0 unspecified atom stereocenters. The molecule has 3 N–H and O–H groups in total. The lowest BCUT2D eigenvalue weighted by Crippen LogP contribution is -2.25. The van der Waals surface area contributed by atoms with Crippen LogP contribution in [0.3, 0.4) is 0 Å². The SMILES string of the molecule is Cc1sc(NC(=O)c2n[nH]c3c2CNCC3)nc1-c1ccc2c(c1)CCC2.Cl. The Balaban J connectivity index is 0.00000192. The number of aromatic amines is 1. The number of aromatic nitrogens is 3. The number of H-pyrrole nitrogens is 1. The molecule has 8 heteroatoms. The van der Waals surface area contributed by atoms with E-state index in [0.29, 0.717) is 17.4 Å². The average molecular weight is 416 g/mol. The van der Waals surface area contributed by atoms with Gasteiger partial charge in [-0.1, -0.05) is 12.1 Å². The smallest absolute Gasteiger partial charge is 0.278 e. The predicted molar refractivity (Wildman–Crippen MR) is 114 cm³/mol. The molecule has 146 valence electrons. The van der Waals surface area contributed by atoms with E-state index in [1.54, 1.807) is 0 Å². The van der Waals surface area contributed by atoms with Gasteiger partial charge in [-0.05, 0) is 43.4 Å². The Morgan fingerprint density at radius 3 is 2.96 bits per heavy atom. The fraction of sp³-hybridized carbons (Fsp3) is 0.350. The van der Waals surface area contributed by atoms with Gasteiger partial charge < -0.3 is 5.32 Å². The topological polar surface area (TPSA) is 82.7 Å². The van der Waals surface area contributed by atoms with E-state index in [1.807, 2.05) is 0 Å². The van der Waals surface area contributed by atoms with Crippen molar-refractivity contribution in [2.45, 2.75) is 39.2 Å². The Hall–Kier alpha value is -2.22. The van der Waals surface area contributed by atoms with Crippen LogP contribution in [-0.4, -0.2) is 27.6 Å². The molecule has 3 aromatic rings. The molecule has 0 atom stereocenters. The predicted octanol–water partition coefficient (Wildman–Crippen LogP) is 3.65. The van der Waals surface area contributed by atoms with Crippen molar-refractivity contribution in [3.63, 3.8) is 0 Å². The lowest BCUT2D eigenvalue weighted by Gasteiger charge is -2.12. The van der Waals surface area contributed by atoms with E-state index < -0.39 is 0 Å². The standard InChI is InChI=1S/C20H21N5OS.ClH/c1-11-17(14-6-5-12-3-2-4-13(12)9-14)22-20(27-11)23-19(26)18-15-10-21-8-7-16(15)24-25-18;/h5-6,9,21H,2-4,7-8,10H2,1H3,(H,24,25)(H,22,23,26);1H. The summed E-state index contributed by atoms with van der Waals surface area (Å²) in [6.07, 6.45) is 4.43. The van der Waals surface area contributed by atoms with Crippen LogP contribution in [0.2, 0.25) is 0 Å². The molecule has 0 radical (unpaired) electrons.